The van der Waals surface area contributed by atoms with Crippen LogP contribution in [-0.2, 0) is 0 Å². The number of rotatable bonds is 0. The minimum atomic E-state index is 0. The van der Waals surface area contributed by atoms with Crippen LogP contribution in [0.5, 0.6) is 0 Å². The van der Waals surface area contributed by atoms with Crippen LogP contribution in [0.1, 0.15) is 0 Å². The van der Waals surface area contributed by atoms with Crippen molar-refractivity contribution in [2.24, 2.45) is 0 Å². The summed E-state index contributed by atoms with van der Waals surface area (Å²) in [6.45, 7) is 0. The predicted octanol–water partition coefficient (Wildman–Crippen LogP) is -1.14. The third-order valence-corrected chi connectivity index (χ3v) is 0. The van der Waals surface area contributed by atoms with Gasteiger partial charge in [-0.05, 0) is 0 Å². The first-order valence-electron chi connectivity index (χ1n) is 0. The molecule has 8 heteroatoms. The molecule has 8 heavy (non-hydrogen) atoms. The summed E-state index contributed by atoms with van der Waals surface area (Å²) < 4.78 is 0. The molecule has 0 aromatic carbocycles. The normalized spacial score (nSPS) is 0. The van der Waals surface area contributed by atoms with Gasteiger partial charge < -0.3 is 0 Å². The van der Waals surface area contributed by atoms with E-state index in [1.165, 1.54) is 0 Å². The van der Waals surface area contributed by atoms with Gasteiger partial charge in [0.25, 0.3) is 0 Å². The molecule has 0 aromatic rings. The topological polar surface area (TPSA) is 0 Å². The van der Waals surface area contributed by atoms with Crippen molar-refractivity contribution in [1.82, 2.24) is 0 Å². The molecular formula is Bi3Ho5. The molecule has 0 aromatic heterocycles. The minimum Gasteiger partial charge on any atom is 0 e. The SMILES string of the molecule is [Bi].[Bi].[Bi].[Ho].[Ho].[Ho].[Ho].[Ho]. The zero-order valence-corrected chi connectivity index (χ0v) is 23.0. The van der Waals surface area contributed by atoms with E-state index in [2.05, 4.69) is 0 Å². The second-order valence-electron chi connectivity index (χ2n) is 0. The van der Waals surface area contributed by atoms with Gasteiger partial charge in [0.05, 0.1) is 0 Å². The average molecular weight is 1450 g/mol. The van der Waals surface area contributed by atoms with E-state index < -0.39 is 0 Å². The smallest absolute Gasteiger partial charge is 0 e. The number of hydrogen-bond acceptors (Lipinski definition) is 0. The summed E-state index contributed by atoms with van der Waals surface area (Å²) in [6.07, 6.45) is 0. The second-order valence-corrected chi connectivity index (χ2v) is 0. The molecule has 70 valence electrons. The van der Waals surface area contributed by atoms with Crippen LogP contribution in [-0.4, -0.2) is 78.6 Å². The van der Waals surface area contributed by atoms with Crippen molar-refractivity contribution in [3.63, 3.8) is 0 Å². The van der Waals surface area contributed by atoms with Gasteiger partial charge in [0, 0.05) is 267 Å². The maximum atomic E-state index is 0. The maximum Gasteiger partial charge on any atom is 0 e. The van der Waals surface area contributed by atoms with Crippen LogP contribution in [0.25, 0.3) is 0 Å². The van der Waals surface area contributed by atoms with Crippen LogP contribution in [0.2, 0.25) is 0 Å². The molecule has 0 spiro atoms. The Bertz CT molecular complexity index is 7.64. The Kier molecular flexibility index (Phi) is 300. The molecule has 0 amide bonds. The summed E-state index contributed by atoms with van der Waals surface area (Å²) in [5.41, 5.74) is 0. The van der Waals surface area contributed by atoms with Gasteiger partial charge in [-0.2, -0.15) is 0 Å². The molecule has 0 saturated heterocycles. The van der Waals surface area contributed by atoms with E-state index in [1.807, 2.05) is 0 Å². The van der Waals surface area contributed by atoms with E-state index in [-0.39, 0.29) is 267 Å². The Balaban J connectivity index is 0. The van der Waals surface area contributed by atoms with Crippen molar-refractivity contribution in [3.05, 3.63) is 0 Å². The molecule has 0 aliphatic heterocycles. The van der Waals surface area contributed by atoms with E-state index in [0.717, 1.165) is 0 Å². The van der Waals surface area contributed by atoms with Crippen LogP contribution in [0, 0.1) is 189 Å². The summed E-state index contributed by atoms with van der Waals surface area (Å²) in [5.74, 6) is 0. The van der Waals surface area contributed by atoms with Crippen LogP contribution >= 0.6 is 0 Å². The van der Waals surface area contributed by atoms with Gasteiger partial charge in [-0.25, -0.2) is 0 Å². The van der Waals surface area contributed by atoms with Gasteiger partial charge >= 0.3 is 0 Å². The third kappa shape index (κ3) is 36.3. The monoisotopic (exact) mass is 1450 g/mol. The first kappa shape index (κ1) is 53.8. The van der Waals surface area contributed by atoms with Gasteiger partial charge in [0.2, 0.25) is 0 Å². The first-order valence-corrected chi connectivity index (χ1v) is 0. The summed E-state index contributed by atoms with van der Waals surface area (Å²) in [5, 5.41) is 0. The van der Waals surface area contributed by atoms with Crippen molar-refractivity contribution in [1.29, 1.82) is 0 Å². The fourth-order valence-electron chi connectivity index (χ4n) is 0. The van der Waals surface area contributed by atoms with Crippen molar-refractivity contribution >= 4 is 78.6 Å². The van der Waals surface area contributed by atoms with Crippen molar-refractivity contribution in [2.75, 3.05) is 0 Å². The molecule has 0 N–H and O–H groups in total. The Labute approximate surface area is 258 Å². The van der Waals surface area contributed by atoms with E-state index in [4.69, 9.17) is 0 Å². The molecule has 0 fully saturated rings. The number of hydrogen-bond donors (Lipinski definition) is 0. The molecule has 14 radical (unpaired) electrons. The molecule has 0 rings (SSSR count). The van der Waals surface area contributed by atoms with Crippen molar-refractivity contribution in [2.45, 2.75) is 0 Å². The molecular weight excluding hydrogens is 1450 g/mol. The zero-order chi connectivity index (χ0) is 0. The molecule has 0 aliphatic carbocycles. The van der Waals surface area contributed by atoms with Crippen LogP contribution in [0.4, 0.5) is 0 Å². The summed E-state index contributed by atoms with van der Waals surface area (Å²) in [6, 6.07) is 0. The van der Waals surface area contributed by atoms with Gasteiger partial charge in [-0.1, -0.05) is 0 Å². The zero-order valence-electron chi connectivity index (χ0n) is 2.85. The van der Waals surface area contributed by atoms with Crippen molar-refractivity contribution < 1.29 is 189 Å². The largest absolute Gasteiger partial charge is 0 e. The van der Waals surface area contributed by atoms with E-state index in [9.17, 15) is 0 Å². The second kappa shape index (κ2) is 44.5. The van der Waals surface area contributed by atoms with Gasteiger partial charge in [0.1, 0.15) is 0 Å². The standard InChI is InChI=1S/3Bi.5Ho. The van der Waals surface area contributed by atoms with Gasteiger partial charge in [-0.3, -0.25) is 0 Å². The molecule has 0 aliphatic rings. The summed E-state index contributed by atoms with van der Waals surface area (Å²) in [7, 11) is 0. The predicted molar refractivity (Wildman–Crippen MR) is 17.3 cm³/mol. The Morgan fingerprint density at radius 2 is 0.250 bits per heavy atom. The summed E-state index contributed by atoms with van der Waals surface area (Å²) >= 11 is 0. The van der Waals surface area contributed by atoms with Crippen LogP contribution in [0.3, 0.4) is 0 Å². The fourth-order valence-corrected chi connectivity index (χ4v) is 0. The minimum absolute atomic E-state index is 0. The Hall–Kier alpha value is 8.95. The fraction of sp³-hybridized carbons (Fsp3) is 0. The maximum absolute atomic E-state index is 0. The summed E-state index contributed by atoms with van der Waals surface area (Å²) in [4.78, 5) is 0. The van der Waals surface area contributed by atoms with E-state index in [0.29, 0.717) is 0 Å². The quantitative estimate of drug-likeness (QED) is 0.270. The van der Waals surface area contributed by atoms with Gasteiger partial charge in [-0.15, -0.1) is 0 Å². The molecule has 0 unspecified atom stereocenters. The Morgan fingerprint density at radius 1 is 0.250 bits per heavy atom. The molecule has 0 atom stereocenters. The van der Waals surface area contributed by atoms with E-state index in [1.54, 1.807) is 0 Å². The molecule has 0 heterocycles. The molecule has 0 saturated carbocycles. The average Bonchev–Trinajstić information content (AvgIpc) is 0. The van der Waals surface area contributed by atoms with Crippen LogP contribution in [0.15, 0.2) is 0 Å². The molecule has 0 nitrogen and oxygen atoms in total. The van der Waals surface area contributed by atoms with Gasteiger partial charge in [0.15, 0.2) is 0 Å². The third-order valence-electron chi connectivity index (χ3n) is 0. The molecule has 0 bridgehead atoms. The van der Waals surface area contributed by atoms with Crippen molar-refractivity contribution in [3.8, 4) is 0 Å². The van der Waals surface area contributed by atoms with Crippen LogP contribution < -0.4 is 0 Å². The Morgan fingerprint density at radius 3 is 0.250 bits per heavy atom. The first-order chi connectivity index (χ1) is 0. The van der Waals surface area contributed by atoms with E-state index >= 15 is 0 Å².